The Morgan fingerprint density at radius 2 is 1.88 bits per heavy atom. The molecule has 0 aliphatic carbocycles. The van der Waals surface area contributed by atoms with Gasteiger partial charge in [0.25, 0.3) is 0 Å². The number of ether oxygens (including phenoxy) is 1. The number of aryl methyl sites for hydroxylation is 2. The van der Waals surface area contributed by atoms with Crippen LogP contribution in [0, 0.1) is 13.8 Å². The summed E-state index contributed by atoms with van der Waals surface area (Å²) in [5.41, 5.74) is 1.18. The van der Waals surface area contributed by atoms with Gasteiger partial charge in [-0.05, 0) is 32.3 Å². The Morgan fingerprint density at radius 1 is 1.25 bits per heavy atom. The number of aromatic nitrogens is 2. The third-order valence-corrected chi connectivity index (χ3v) is 3.01. The fourth-order valence-electron chi connectivity index (χ4n) is 1.25. The van der Waals surface area contributed by atoms with Gasteiger partial charge < -0.3 is 9.84 Å². The van der Waals surface area contributed by atoms with Crippen molar-refractivity contribution < 1.29 is 9.84 Å². The molecule has 0 bridgehead atoms. The lowest BCUT2D eigenvalue weighted by Crippen LogP contribution is -2.34. The lowest BCUT2D eigenvalue weighted by molar-refractivity contribution is -0.0129. The van der Waals surface area contributed by atoms with Crippen molar-refractivity contribution in [2.45, 2.75) is 46.1 Å². The van der Waals surface area contributed by atoms with E-state index < -0.39 is 5.60 Å². The summed E-state index contributed by atoms with van der Waals surface area (Å²) in [6.07, 6.45) is 1.34. The van der Waals surface area contributed by atoms with Gasteiger partial charge in [0.05, 0.1) is 11.3 Å². The van der Waals surface area contributed by atoms with Gasteiger partial charge >= 0.3 is 0 Å². The monoisotopic (exact) mass is 224 g/mol. The van der Waals surface area contributed by atoms with Gasteiger partial charge in [0, 0.05) is 6.07 Å². The van der Waals surface area contributed by atoms with Gasteiger partial charge in [0.2, 0.25) is 5.88 Å². The largest absolute Gasteiger partial charge is 0.474 e. The first kappa shape index (κ1) is 12.9. The van der Waals surface area contributed by atoms with Gasteiger partial charge in [-0.25, -0.2) is 0 Å². The molecule has 0 saturated heterocycles. The minimum Gasteiger partial charge on any atom is -0.474 e. The number of nitrogens with zero attached hydrogens (tertiary/aromatic N) is 2. The molecule has 0 aromatic carbocycles. The molecule has 0 atom stereocenters. The van der Waals surface area contributed by atoms with Crippen LogP contribution in [0.5, 0.6) is 5.88 Å². The maximum atomic E-state index is 10.0. The zero-order valence-electron chi connectivity index (χ0n) is 10.4. The minimum absolute atomic E-state index is 0.261. The number of hydrogen-bond donors (Lipinski definition) is 1. The molecule has 4 nitrogen and oxygen atoms in total. The van der Waals surface area contributed by atoms with E-state index >= 15 is 0 Å². The second-order valence-electron chi connectivity index (χ2n) is 4.17. The smallest absolute Gasteiger partial charge is 0.233 e. The highest BCUT2D eigenvalue weighted by atomic mass is 16.5. The molecule has 1 heterocycles. The summed E-state index contributed by atoms with van der Waals surface area (Å²) in [6.45, 7) is 8.01. The van der Waals surface area contributed by atoms with Gasteiger partial charge in [0.15, 0.2) is 0 Å². The molecule has 0 aliphatic rings. The van der Waals surface area contributed by atoms with Crippen LogP contribution >= 0.6 is 0 Å². The second-order valence-corrected chi connectivity index (χ2v) is 4.17. The Bertz CT molecular complexity index is 349. The van der Waals surface area contributed by atoms with E-state index in [0.717, 1.165) is 11.3 Å². The molecular formula is C12H20N2O2. The van der Waals surface area contributed by atoms with Crippen molar-refractivity contribution in [2.24, 2.45) is 0 Å². The molecule has 90 valence electrons. The van der Waals surface area contributed by atoms with Crippen molar-refractivity contribution in [3.63, 3.8) is 0 Å². The summed E-state index contributed by atoms with van der Waals surface area (Å²) in [4.78, 5) is 0. The molecule has 0 amide bonds. The van der Waals surface area contributed by atoms with Crippen molar-refractivity contribution >= 4 is 0 Å². The Kier molecular flexibility index (Phi) is 4.24. The summed E-state index contributed by atoms with van der Waals surface area (Å²) >= 11 is 0. The van der Waals surface area contributed by atoms with Crippen LogP contribution in [-0.4, -0.2) is 27.5 Å². The van der Waals surface area contributed by atoms with Gasteiger partial charge in [-0.1, -0.05) is 13.8 Å². The van der Waals surface area contributed by atoms with Crippen LogP contribution < -0.4 is 4.74 Å². The first-order chi connectivity index (χ1) is 7.50. The maximum absolute atomic E-state index is 10.0. The summed E-state index contributed by atoms with van der Waals surface area (Å²) < 4.78 is 5.47. The summed E-state index contributed by atoms with van der Waals surface area (Å²) in [7, 11) is 0. The van der Waals surface area contributed by atoms with Crippen LogP contribution in [-0.2, 0) is 0 Å². The first-order valence-electron chi connectivity index (χ1n) is 5.67. The van der Waals surface area contributed by atoms with Crippen LogP contribution in [0.25, 0.3) is 0 Å². The summed E-state index contributed by atoms with van der Waals surface area (Å²) in [5, 5.41) is 17.9. The van der Waals surface area contributed by atoms with E-state index in [1.807, 2.05) is 33.8 Å². The lowest BCUT2D eigenvalue weighted by Gasteiger charge is -2.24. The van der Waals surface area contributed by atoms with Crippen LogP contribution in [0.2, 0.25) is 0 Å². The average Bonchev–Trinajstić information content (AvgIpc) is 2.30. The van der Waals surface area contributed by atoms with Crippen LogP contribution in [0.4, 0.5) is 0 Å². The Morgan fingerprint density at radius 3 is 2.38 bits per heavy atom. The maximum Gasteiger partial charge on any atom is 0.233 e. The topological polar surface area (TPSA) is 55.2 Å². The third-order valence-electron chi connectivity index (χ3n) is 3.01. The third kappa shape index (κ3) is 3.17. The number of rotatable bonds is 5. The number of hydrogen-bond acceptors (Lipinski definition) is 4. The van der Waals surface area contributed by atoms with Gasteiger partial charge in [-0.3, -0.25) is 0 Å². The second kappa shape index (κ2) is 5.25. The van der Waals surface area contributed by atoms with Crippen LogP contribution in [0.15, 0.2) is 6.07 Å². The van der Waals surface area contributed by atoms with E-state index in [2.05, 4.69) is 10.2 Å². The molecule has 1 rings (SSSR count). The molecule has 0 radical (unpaired) electrons. The molecule has 0 aliphatic heterocycles. The molecule has 0 spiro atoms. The highest BCUT2D eigenvalue weighted by Crippen LogP contribution is 2.17. The van der Waals surface area contributed by atoms with Gasteiger partial charge in [0.1, 0.15) is 6.61 Å². The van der Waals surface area contributed by atoms with Crippen molar-refractivity contribution in [3.05, 3.63) is 17.3 Å². The number of aliphatic hydroxyl groups is 1. The fourth-order valence-corrected chi connectivity index (χ4v) is 1.25. The van der Waals surface area contributed by atoms with Gasteiger partial charge in [-0.2, -0.15) is 5.10 Å². The van der Waals surface area contributed by atoms with E-state index in [0.29, 0.717) is 18.7 Å². The quantitative estimate of drug-likeness (QED) is 0.831. The summed E-state index contributed by atoms with van der Waals surface area (Å²) in [5.74, 6) is 0.475. The molecule has 0 unspecified atom stereocenters. The molecule has 1 N–H and O–H groups in total. The van der Waals surface area contributed by atoms with Gasteiger partial charge in [-0.15, -0.1) is 5.10 Å². The van der Waals surface area contributed by atoms with E-state index in [1.165, 1.54) is 0 Å². The molecule has 0 saturated carbocycles. The highest BCUT2D eigenvalue weighted by molar-refractivity contribution is 5.21. The highest BCUT2D eigenvalue weighted by Gasteiger charge is 2.23. The summed E-state index contributed by atoms with van der Waals surface area (Å²) in [6, 6.07) is 1.84. The van der Waals surface area contributed by atoms with Crippen molar-refractivity contribution in [1.82, 2.24) is 10.2 Å². The van der Waals surface area contributed by atoms with E-state index in [9.17, 15) is 5.11 Å². The van der Waals surface area contributed by atoms with E-state index in [-0.39, 0.29) is 6.61 Å². The SMILES string of the molecule is CCC(O)(CC)COc1cc(C)c(C)nn1. The normalized spacial score (nSPS) is 11.6. The molecule has 16 heavy (non-hydrogen) atoms. The predicted octanol–water partition coefficient (Wildman–Crippen LogP) is 2.02. The van der Waals surface area contributed by atoms with Crippen molar-refractivity contribution in [2.75, 3.05) is 6.61 Å². The van der Waals surface area contributed by atoms with E-state index in [1.54, 1.807) is 0 Å². The minimum atomic E-state index is -0.763. The molecule has 4 heteroatoms. The van der Waals surface area contributed by atoms with Crippen LogP contribution in [0.1, 0.15) is 37.9 Å². The van der Waals surface area contributed by atoms with Crippen LogP contribution in [0.3, 0.4) is 0 Å². The zero-order valence-corrected chi connectivity index (χ0v) is 10.4. The predicted molar refractivity (Wildman–Crippen MR) is 62.5 cm³/mol. The van der Waals surface area contributed by atoms with Crippen molar-refractivity contribution in [3.8, 4) is 5.88 Å². The molecule has 1 aromatic heterocycles. The first-order valence-corrected chi connectivity index (χ1v) is 5.67. The molecular weight excluding hydrogens is 204 g/mol. The lowest BCUT2D eigenvalue weighted by atomic mass is 9.99. The Hall–Kier alpha value is -1.16. The molecule has 1 aromatic rings. The fraction of sp³-hybridized carbons (Fsp3) is 0.667. The Balaban J connectivity index is 2.64. The average molecular weight is 224 g/mol. The molecule has 0 fully saturated rings. The van der Waals surface area contributed by atoms with E-state index in [4.69, 9.17) is 4.74 Å². The Labute approximate surface area is 96.7 Å². The van der Waals surface area contributed by atoms with Crippen molar-refractivity contribution in [1.29, 1.82) is 0 Å². The standard InChI is InChI=1S/C12H20N2O2/c1-5-12(15,6-2)8-16-11-7-9(3)10(4)13-14-11/h7,15H,5-6,8H2,1-4H3. The zero-order chi connectivity index (χ0) is 12.2.